The van der Waals surface area contributed by atoms with Crippen molar-refractivity contribution in [2.24, 2.45) is 0 Å². The number of hydrogen-bond acceptors (Lipinski definition) is 5. The lowest BCUT2D eigenvalue weighted by Gasteiger charge is -2.30. The van der Waals surface area contributed by atoms with Crippen molar-refractivity contribution in [3.8, 4) is 22.6 Å². The van der Waals surface area contributed by atoms with Crippen LogP contribution in [0.15, 0.2) is 54.9 Å². The fraction of sp³-hybridized carbons (Fsp3) is 0.250. The first kappa shape index (κ1) is 16.6. The topological polar surface area (TPSA) is 62.1 Å². The second-order valence-corrected chi connectivity index (χ2v) is 6.40. The van der Waals surface area contributed by atoms with E-state index in [2.05, 4.69) is 14.9 Å². The van der Waals surface area contributed by atoms with Crippen molar-refractivity contribution in [1.82, 2.24) is 15.0 Å². The van der Waals surface area contributed by atoms with Crippen LogP contribution in [0.2, 0.25) is 0 Å². The van der Waals surface area contributed by atoms with Gasteiger partial charge in [-0.2, -0.15) is 0 Å². The largest absolute Gasteiger partial charge is 0.393 e. The summed E-state index contributed by atoms with van der Waals surface area (Å²) >= 11 is 0. The van der Waals surface area contributed by atoms with Crippen LogP contribution in [-0.4, -0.2) is 39.3 Å². The van der Waals surface area contributed by atoms with Gasteiger partial charge in [0.2, 0.25) is 0 Å². The van der Waals surface area contributed by atoms with Crippen LogP contribution in [0.25, 0.3) is 22.6 Å². The fourth-order valence-corrected chi connectivity index (χ4v) is 3.08. The highest BCUT2D eigenvalue weighted by Gasteiger charge is 2.20. The van der Waals surface area contributed by atoms with Crippen LogP contribution >= 0.6 is 0 Å². The van der Waals surface area contributed by atoms with Crippen molar-refractivity contribution < 1.29 is 9.50 Å². The summed E-state index contributed by atoms with van der Waals surface area (Å²) in [6.07, 6.45) is 4.63. The van der Waals surface area contributed by atoms with Crippen LogP contribution < -0.4 is 4.90 Å². The van der Waals surface area contributed by atoms with Crippen LogP contribution in [-0.2, 0) is 0 Å². The molecule has 0 aliphatic carbocycles. The molecule has 26 heavy (non-hydrogen) atoms. The van der Waals surface area contributed by atoms with E-state index in [1.54, 1.807) is 24.5 Å². The van der Waals surface area contributed by atoms with E-state index in [-0.39, 0.29) is 11.9 Å². The first-order valence-electron chi connectivity index (χ1n) is 8.67. The Bertz CT molecular complexity index is 878. The summed E-state index contributed by atoms with van der Waals surface area (Å²) in [5, 5.41) is 9.76. The minimum absolute atomic E-state index is 0.248. The van der Waals surface area contributed by atoms with E-state index >= 15 is 0 Å². The number of aromatic nitrogens is 3. The molecule has 1 aliphatic heterocycles. The Kier molecular flexibility index (Phi) is 4.58. The van der Waals surface area contributed by atoms with E-state index in [0.717, 1.165) is 48.6 Å². The highest BCUT2D eigenvalue weighted by atomic mass is 19.1. The van der Waals surface area contributed by atoms with Gasteiger partial charge in [0.1, 0.15) is 11.6 Å². The van der Waals surface area contributed by atoms with Gasteiger partial charge in [-0.15, -0.1) is 0 Å². The molecule has 0 unspecified atom stereocenters. The van der Waals surface area contributed by atoms with Gasteiger partial charge < -0.3 is 10.0 Å². The average molecular weight is 350 g/mol. The zero-order valence-electron chi connectivity index (χ0n) is 14.2. The van der Waals surface area contributed by atoms with Crippen molar-refractivity contribution in [3.05, 3.63) is 60.7 Å². The van der Waals surface area contributed by atoms with Gasteiger partial charge >= 0.3 is 0 Å². The van der Waals surface area contributed by atoms with Crippen molar-refractivity contribution in [3.63, 3.8) is 0 Å². The number of rotatable bonds is 3. The number of aliphatic hydroxyl groups is 1. The molecule has 3 aromatic rings. The molecular formula is C20H19FN4O. The molecule has 0 spiro atoms. The molecule has 2 aromatic heterocycles. The van der Waals surface area contributed by atoms with Gasteiger partial charge in [-0.25, -0.2) is 14.4 Å². The van der Waals surface area contributed by atoms with Gasteiger partial charge in [-0.05, 0) is 49.2 Å². The quantitative estimate of drug-likeness (QED) is 0.785. The Morgan fingerprint density at radius 1 is 1.00 bits per heavy atom. The zero-order chi connectivity index (χ0) is 17.9. The van der Waals surface area contributed by atoms with Gasteiger partial charge in [0, 0.05) is 42.7 Å². The zero-order valence-corrected chi connectivity index (χ0v) is 14.2. The van der Waals surface area contributed by atoms with Crippen LogP contribution in [0.3, 0.4) is 0 Å². The second kappa shape index (κ2) is 7.17. The molecule has 0 radical (unpaired) electrons. The molecule has 1 fully saturated rings. The third-order valence-electron chi connectivity index (χ3n) is 4.56. The maximum absolute atomic E-state index is 13.3. The number of nitrogens with zero attached hydrogens (tertiary/aromatic N) is 4. The maximum Gasteiger partial charge on any atom is 0.163 e. The maximum atomic E-state index is 13.3. The first-order chi connectivity index (χ1) is 12.7. The molecule has 1 aromatic carbocycles. The lowest BCUT2D eigenvalue weighted by Crippen LogP contribution is -2.36. The highest BCUT2D eigenvalue weighted by Crippen LogP contribution is 2.27. The highest BCUT2D eigenvalue weighted by molar-refractivity contribution is 5.67. The summed E-state index contributed by atoms with van der Waals surface area (Å²) in [6.45, 7) is 1.49. The molecule has 0 atom stereocenters. The predicted octanol–water partition coefficient (Wildman–Crippen LogP) is 3.31. The third kappa shape index (κ3) is 3.55. The Hall–Kier alpha value is -2.86. The van der Waals surface area contributed by atoms with Crippen molar-refractivity contribution >= 4 is 5.82 Å². The normalized spacial score (nSPS) is 15.2. The standard InChI is InChI=1S/C20H19FN4O/c21-16-5-3-14(4-6-16)18-12-19(25-10-7-17(26)8-11-25)24-20(23-18)15-2-1-9-22-13-15/h1-6,9,12-13,17,26H,7-8,10-11H2. The van der Waals surface area contributed by atoms with E-state index in [0.29, 0.717) is 5.82 Å². The Morgan fingerprint density at radius 3 is 2.46 bits per heavy atom. The number of hydrogen-bond donors (Lipinski definition) is 1. The lowest BCUT2D eigenvalue weighted by atomic mass is 10.1. The predicted molar refractivity (Wildman–Crippen MR) is 98.1 cm³/mol. The molecule has 1 aliphatic rings. The monoisotopic (exact) mass is 350 g/mol. The minimum atomic E-state index is -0.277. The molecule has 5 nitrogen and oxygen atoms in total. The van der Waals surface area contributed by atoms with Crippen molar-refractivity contribution in [2.75, 3.05) is 18.0 Å². The van der Waals surface area contributed by atoms with E-state index < -0.39 is 0 Å². The number of anilines is 1. The number of halogens is 1. The van der Waals surface area contributed by atoms with E-state index in [4.69, 9.17) is 4.98 Å². The Labute approximate surface area is 151 Å². The summed E-state index contributed by atoms with van der Waals surface area (Å²) in [6, 6.07) is 12.0. The van der Waals surface area contributed by atoms with Gasteiger partial charge in [-0.3, -0.25) is 4.98 Å². The molecular weight excluding hydrogens is 331 g/mol. The number of benzene rings is 1. The first-order valence-corrected chi connectivity index (χ1v) is 8.67. The molecule has 4 rings (SSSR count). The van der Waals surface area contributed by atoms with E-state index in [1.165, 1.54) is 12.1 Å². The summed E-state index contributed by atoms with van der Waals surface area (Å²) < 4.78 is 13.3. The molecule has 0 amide bonds. The van der Waals surface area contributed by atoms with E-state index in [9.17, 15) is 9.50 Å². The molecule has 1 N–H and O–H groups in total. The molecule has 0 saturated carbocycles. The number of pyridine rings is 1. The average Bonchev–Trinajstić information content (AvgIpc) is 2.69. The van der Waals surface area contributed by atoms with Crippen LogP contribution in [0, 0.1) is 5.82 Å². The lowest BCUT2D eigenvalue weighted by molar-refractivity contribution is 0.145. The molecule has 0 bridgehead atoms. The van der Waals surface area contributed by atoms with Crippen molar-refractivity contribution in [2.45, 2.75) is 18.9 Å². The second-order valence-electron chi connectivity index (χ2n) is 6.40. The van der Waals surface area contributed by atoms with E-state index in [1.807, 2.05) is 18.2 Å². The Morgan fingerprint density at radius 2 is 1.77 bits per heavy atom. The molecule has 6 heteroatoms. The summed E-state index contributed by atoms with van der Waals surface area (Å²) in [5.74, 6) is 1.12. The van der Waals surface area contributed by atoms with Crippen molar-refractivity contribution in [1.29, 1.82) is 0 Å². The molecule has 3 heterocycles. The fourth-order valence-electron chi connectivity index (χ4n) is 3.08. The van der Waals surface area contributed by atoms with Crippen LogP contribution in [0.5, 0.6) is 0 Å². The van der Waals surface area contributed by atoms with Gasteiger partial charge in [0.15, 0.2) is 5.82 Å². The van der Waals surface area contributed by atoms with Crippen LogP contribution in [0.1, 0.15) is 12.8 Å². The molecule has 1 saturated heterocycles. The summed E-state index contributed by atoms with van der Waals surface area (Å²) in [7, 11) is 0. The number of aliphatic hydroxyl groups excluding tert-OH is 1. The van der Waals surface area contributed by atoms with Gasteiger partial charge in [-0.1, -0.05) is 0 Å². The van der Waals surface area contributed by atoms with Crippen LogP contribution in [0.4, 0.5) is 10.2 Å². The third-order valence-corrected chi connectivity index (χ3v) is 4.56. The minimum Gasteiger partial charge on any atom is -0.393 e. The smallest absolute Gasteiger partial charge is 0.163 e. The Balaban J connectivity index is 1.78. The molecule has 132 valence electrons. The summed E-state index contributed by atoms with van der Waals surface area (Å²) in [4.78, 5) is 15.7. The number of piperidine rings is 1. The SMILES string of the molecule is OC1CCN(c2cc(-c3ccc(F)cc3)nc(-c3cccnc3)n2)CC1. The summed E-state index contributed by atoms with van der Waals surface area (Å²) in [5.41, 5.74) is 2.40. The van der Waals surface area contributed by atoms with Gasteiger partial charge in [0.05, 0.1) is 11.8 Å². The van der Waals surface area contributed by atoms with Gasteiger partial charge in [0.25, 0.3) is 0 Å².